The minimum Gasteiger partial charge on any atom is -0.398 e. The first-order chi connectivity index (χ1) is 14.0. The SMILES string of the molecule is NC(=O)c1nc2c(s1)C(c1ccccc1N)N(C(=O)NCc1ccccc1)CC2. The molecule has 4 rings (SSSR count). The van der Waals surface area contributed by atoms with Crippen LogP contribution in [0.15, 0.2) is 54.6 Å². The molecule has 0 saturated carbocycles. The normalized spacial score (nSPS) is 15.6. The van der Waals surface area contributed by atoms with E-state index in [-0.39, 0.29) is 11.0 Å². The van der Waals surface area contributed by atoms with Crippen LogP contribution in [0.4, 0.5) is 10.5 Å². The van der Waals surface area contributed by atoms with Gasteiger partial charge in [-0.05, 0) is 11.6 Å². The number of nitrogens with one attached hydrogen (secondary N) is 1. The van der Waals surface area contributed by atoms with Crippen molar-refractivity contribution in [3.8, 4) is 0 Å². The summed E-state index contributed by atoms with van der Waals surface area (Å²) < 4.78 is 0. The van der Waals surface area contributed by atoms with Crippen molar-refractivity contribution in [2.75, 3.05) is 12.3 Å². The highest BCUT2D eigenvalue weighted by Crippen LogP contribution is 2.40. The van der Waals surface area contributed by atoms with Gasteiger partial charge in [-0.15, -0.1) is 11.3 Å². The van der Waals surface area contributed by atoms with E-state index in [1.807, 2.05) is 48.5 Å². The van der Waals surface area contributed by atoms with Crippen molar-refractivity contribution >= 4 is 29.0 Å². The third-order valence-corrected chi connectivity index (χ3v) is 6.09. The molecule has 3 amide bonds. The fraction of sp³-hybridized carbons (Fsp3) is 0.190. The molecule has 2 aromatic carbocycles. The average molecular weight is 407 g/mol. The van der Waals surface area contributed by atoms with Crippen molar-refractivity contribution in [3.05, 3.63) is 81.3 Å². The molecule has 7 nitrogen and oxygen atoms in total. The number of amides is 3. The van der Waals surface area contributed by atoms with Crippen LogP contribution in [0.5, 0.6) is 0 Å². The van der Waals surface area contributed by atoms with Crippen LogP contribution in [0.1, 0.15) is 37.5 Å². The second-order valence-electron chi connectivity index (χ2n) is 6.81. The number of benzene rings is 2. The largest absolute Gasteiger partial charge is 0.398 e. The van der Waals surface area contributed by atoms with Gasteiger partial charge in [0.15, 0.2) is 5.01 Å². The number of primary amides is 1. The van der Waals surface area contributed by atoms with Gasteiger partial charge in [0.25, 0.3) is 5.91 Å². The van der Waals surface area contributed by atoms with Crippen LogP contribution in [0.3, 0.4) is 0 Å². The predicted molar refractivity (Wildman–Crippen MR) is 112 cm³/mol. The van der Waals surface area contributed by atoms with E-state index >= 15 is 0 Å². The lowest BCUT2D eigenvalue weighted by Crippen LogP contribution is -2.45. The molecule has 1 aliphatic heterocycles. The van der Waals surface area contributed by atoms with Crippen LogP contribution in [-0.2, 0) is 13.0 Å². The first-order valence-electron chi connectivity index (χ1n) is 9.27. The number of hydrogen-bond donors (Lipinski definition) is 3. The van der Waals surface area contributed by atoms with E-state index in [9.17, 15) is 9.59 Å². The number of fused-ring (bicyclic) bond motifs is 1. The molecule has 1 atom stereocenters. The molecule has 0 aliphatic carbocycles. The Bertz CT molecular complexity index is 1050. The zero-order valence-corrected chi connectivity index (χ0v) is 16.5. The number of urea groups is 1. The van der Waals surface area contributed by atoms with Gasteiger partial charge < -0.3 is 21.7 Å². The molecule has 0 spiro atoms. The van der Waals surface area contributed by atoms with Gasteiger partial charge in [-0.1, -0.05) is 48.5 Å². The van der Waals surface area contributed by atoms with Crippen LogP contribution < -0.4 is 16.8 Å². The fourth-order valence-electron chi connectivity index (χ4n) is 3.52. The lowest BCUT2D eigenvalue weighted by molar-refractivity contribution is 0.0999. The van der Waals surface area contributed by atoms with Crippen LogP contribution in [-0.4, -0.2) is 28.4 Å². The number of carbonyl (C=O) groups excluding carboxylic acids is 2. The Hall–Kier alpha value is -3.39. The molecular formula is C21H21N5O2S. The zero-order valence-electron chi connectivity index (χ0n) is 15.7. The summed E-state index contributed by atoms with van der Waals surface area (Å²) in [5, 5.41) is 3.24. The molecule has 29 heavy (non-hydrogen) atoms. The third-order valence-electron chi connectivity index (χ3n) is 4.93. The molecule has 3 aromatic rings. The number of rotatable bonds is 4. The Morgan fingerprint density at radius 1 is 1.14 bits per heavy atom. The van der Waals surface area contributed by atoms with E-state index in [2.05, 4.69) is 10.3 Å². The number of para-hydroxylation sites is 1. The molecule has 1 unspecified atom stereocenters. The van der Waals surface area contributed by atoms with Crippen LogP contribution in [0.25, 0.3) is 0 Å². The maximum Gasteiger partial charge on any atom is 0.318 e. The quantitative estimate of drug-likeness (QED) is 0.577. The van der Waals surface area contributed by atoms with Crippen molar-refractivity contribution in [1.82, 2.24) is 15.2 Å². The minimum absolute atomic E-state index is 0.193. The highest BCUT2D eigenvalue weighted by atomic mass is 32.1. The highest BCUT2D eigenvalue weighted by Gasteiger charge is 2.36. The maximum absolute atomic E-state index is 13.1. The van der Waals surface area contributed by atoms with Gasteiger partial charge in [-0.3, -0.25) is 4.79 Å². The van der Waals surface area contributed by atoms with Gasteiger partial charge in [0.2, 0.25) is 0 Å². The Morgan fingerprint density at radius 2 is 1.86 bits per heavy atom. The number of carbonyl (C=O) groups is 2. The predicted octanol–water partition coefficient (Wildman–Crippen LogP) is 2.68. The Kier molecular flexibility index (Phi) is 5.18. The first kappa shape index (κ1) is 18.9. The Morgan fingerprint density at radius 3 is 2.59 bits per heavy atom. The van der Waals surface area contributed by atoms with E-state index < -0.39 is 11.9 Å². The Labute approximate surface area is 172 Å². The summed E-state index contributed by atoms with van der Waals surface area (Å²) in [5.74, 6) is -0.565. The summed E-state index contributed by atoms with van der Waals surface area (Å²) >= 11 is 1.23. The van der Waals surface area contributed by atoms with Crippen LogP contribution in [0.2, 0.25) is 0 Å². The number of hydrogen-bond acceptors (Lipinski definition) is 5. The van der Waals surface area contributed by atoms with Gasteiger partial charge in [0.05, 0.1) is 16.6 Å². The molecule has 8 heteroatoms. The number of aromatic nitrogens is 1. The number of nitrogens with zero attached hydrogens (tertiary/aromatic N) is 2. The summed E-state index contributed by atoms with van der Waals surface area (Å²) in [6.45, 7) is 0.893. The monoisotopic (exact) mass is 407 g/mol. The molecule has 1 aromatic heterocycles. The van der Waals surface area contributed by atoms with E-state index in [4.69, 9.17) is 11.5 Å². The summed E-state index contributed by atoms with van der Waals surface area (Å²) in [4.78, 5) is 31.7. The number of nitrogen functional groups attached to an aromatic ring is 1. The lowest BCUT2D eigenvalue weighted by Gasteiger charge is -2.35. The molecular weight excluding hydrogens is 386 g/mol. The van der Waals surface area contributed by atoms with Gasteiger partial charge in [0.1, 0.15) is 0 Å². The van der Waals surface area contributed by atoms with Crippen molar-refractivity contribution < 1.29 is 9.59 Å². The van der Waals surface area contributed by atoms with Crippen molar-refractivity contribution in [3.63, 3.8) is 0 Å². The summed E-state index contributed by atoms with van der Waals surface area (Å²) in [6, 6.07) is 16.6. The zero-order chi connectivity index (χ0) is 20.4. The smallest absolute Gasteiger partial charge is 0.318 e. The second-order valence-corrected chi connectivity index (χ2v) is 7.84. The van der Waals surface area contributed by atoms with Crippen LogP contribution in [0, 0.1) is 0 Å². The van der Waals surface area contributed by atoms with Gasteiger partial charge in [-0.25, -0.2) is 9.78 Å². The molecule has 0 fully saturated rings. The van der Waals surface area contributed by atoms with E-state index in [0.717, 1.165) is 21.7 Å². The molecule has 148 valence electrons. The fourth-order valence-corrected chi connectivity index (χ4v) is 4.62. The molecule has 0 saturated heterocycles. The van der Waals surface area contributed by atoms with E-state index in [1.54, 1.807) is 11.0 Å². The summed E-state index contributed by atoms with van der Waals surface area (Å²) in [5.41, 5.74) is 14.9. The molecule has 0 radical (unpaired) electrons. The summed E-state index contributed by atoms with van der Waals surface area (Å²) in [7, 11) is 0. The van der Waals surface area contributed by atoms with Gasteiger partial charge in [-0.2, -0.15) is 0 Å². The molecule has 2 heterocycles. The highest BCUT2D eigenvalue weighted by molar-refractivity contribution is 7.13. The summed E-state index contributed by atoms with van der Waals surface area (Å²) in [6.07, 6.45) is 0.557. The minimum atomic E-state index is -0.565. The number of anilines is 1. The van der Waals surface area contributed by atoms with Crippen molar-refractivity contribution in [2.24, 2.45) is 5.73 Å². The lowest BCUT2D eigenvalue weighted by atomic mass is 9.96. The third kappa shape index (κ3) is 3.79. The van der Waals surface area contributed by atoms with Crippen molar-refractivity contribution in [2.45, 2.75) is 19.0 Å². The number of thiazole rings is 1. The first-order valence-corrected chi connectivity index (χ1v) is 10.1. The Balaban J connectivity index is 1.67. The van der Waals surface area contributed by atoms with E-state index in [1.165, 1.54) is 11.3 Å². The van der Waals surface area contributed by atoms with Gasteiger partial charge in [0, 0.05) is 30.8 Å². The molecule has 5 N–H and O–H groups in total. The maximum atomic E-state index is 13.1. The standard InChI is InChI=1S/C21H21N5O2S/c22-15-9-5-4-8-14(15)17-18-16(25-20(29-18)19(23)27)10-11-26(17)21(28)24-12-13-6-2-1-3-7-13/h1-9,17H,10-12,22H2,(H2,23,27)(H,24,28). The topological polar surface area (TPSA) is 114 Å². The number of nitrogens with two attached hydrogens (primary N) is 2. The molecule has 1 aliphatic rings. The van der Waals surface area contributed by atoms with Gasteiger partial charge >= 0.3 is 6.03 Å². The average Bonchev–Trinajstić information content (AvgIpc) is 3.17. The molecule has 0 bridgehead atoms. The van der Waals surface area contributed by atoms with Crippen LogP contribution >= 0.6 is 11.3 Å². The second kappa shape index (κ2) is 7.92. The van der Waals surface area contributed by atoms with Crippen molar-refractivity contribution in [1.29, 1.82) is 0 Å². The van der Waals surface area contributed by atoms with E-state index in [0.29, 0.717) is 25.2 Å².